The van der Waals surface area contributed by atoms with Crippen LogP contribution in [0.15, 0.2) is 31.0 Å². The van der Waals surface area contributed by atoms with E-state index < -0.39 is 17.3 Å². The summed E-state index contributed by atoms with van der Waals surface area (Å²) < 4.78 is 47.5. The van der Waals surface area contributed by atoms with Gasteiger partial charge >= 0.3 is 12.3 Å². The molecule has 11 heteroatoms. The first-order chi connectivity index (χ1) is 17.3. The van der Waals surface area contributed by atoms with Gasteiger partial charge in [0.15, 0.2) is 0 Å². The number of alkyl halides is 3. The van der Waals surface area contributed by atoms with E-state index in [0.29, 0.717) is 30.3 Å². The number of amides is 1. The third-order valence-corrected chi connectivity index (χ3v) is 6.82. The molecule has 0 spiro atoms. The summed E-state index contributed by atoms with van der Waals surface area (Å²) >= 11 is 0. The fourth-order valence-corrected chi connectivity index (χ4v) is 4.90. The first kappa shape index (κ1) is 25.3. The molecule has 5 rings (SSSR count). The van der Waals surface area contributed by atoms with E-state index in [9.17, 15) is 18.0 Å². The second-order valence-electron chi connectivity index (χ2n) is 11.0. The van der Waals surface area contributed by atoms with Crippen LogP contribution in [0.1, 0.15) is 64.5 Å². The molecule has 2 fully saturated rings. The Morgan fingerprint density at radius 2 is 1.78 bits per heavy atom. The van der Waals surface area contributed by atoms with E-state index in [4.69, 9.17) is 4.74 Å². The van der Waals surface area contributed by atoms with Gasteiger partial charge in [0.1, 0.15) is 23.4 Å². The van der Waals surface area contributed by atoms with E-state index >= 15 is 0 Å². The molecule has 8 nitrogen and oxygen atoms in total. The third-order valence-electron chi connectivity index (χ3n) is 6.82. The van der Waals surface area contributed by atoms with Crippen molar-refractivity contribution in [3.63, 3.8) is 0 Å². The van der Waals surface area contributed by atoms with Gasteiger partial charge in [0.25, 0.3) is 0 Å². The lowest BCUT2D eigenvalue weighted by atomic mass is 10.1. The predicted molar refractivity (Wildman–Crippen MR) is 133 cm³/mol. The Morgan fingerprint density at radius 1 is 1.05 bits per heavy atom. The minimum atomic E-state index is -4.50. The summed E-state index contributed by atoms with van der Waals surface area (Å²) in [5, 5.41) is 0.840. The Hall–Kier alpha value is -3.37. The van der Waals surface area contributed by atoms with Crippen LogP contribution in [0.5, 0.6) is 0 Å². The van der Waals surface area contributed by atoms with Gasteiger partial charge in [0.05, 0.1) is 22.8 Å². The lowest BCUT2D eigenvalue weighted by molar-refractivity contribution is -0.137. The van der Waals surface area contributed by atoms with Crippen LogP contribution in [-0.4, -0.2) is 61.3 Å². The minimum Gasteiger partial charge on any atom is -0.444 e. The van der Waals surface area contributed by atoms with E-state index in [1.807, 2.05) is 40.8 Å². The molecule has 1 aliphatic carbocycles. The number of rotatable bonds is 3. The molecule has 2 aliphatic rings. The highest BCUT2D eigenvalue weighted by Gasteiger charge is 2.38. The summed E-state index contributed by atoms with van der Waals surface area (Å²) in [4.78, 5) is 29.7. The number of ether oxygens (including phenoxy) is 1. The lowest BCUT2D eigenvalue weighted by Crippen LogP contribution is -2.59. The van der Waals surface area contributed by atoms with Crippen molar-refractivity contribution >= 4 is 22.9 Å². The number of piperazine rings is 1. The van der Waals surface area contributed by atoms with Crippen molar-refractivity contribution in [2.45, 2.75) is 77.2 Å². The normalized spacial score (nSPS) is 21.0. The Kier molecular flexibility index (Phi) is 6.07. The van der Waals surface area contributed by atoms with Crippen molar-refractivity contribution in [2.75, 3.05) is 18.0 Å². The van der Waals surface area contributed by atoms with Gasteiger partial charge in [-0.25, -0.2) is 14.8 Å². The summed E-state index contributed by atoms with van der Waals surface area (Å²) in [6.45, 7) is 10.5. The molecule has 1 aliphatic heterocycles. The molecule has 3 aromatic rings. The quantitative estimate of drug-likeness (QED) is 0.455. The van der Waals surface area contributed by atoms with Crippen molar-refractivity contribution in [1.29, 1.82) is 0 Å². The second-order valence-corrected chi connectivity index (χ2v) is 11.0. The summed E-state index contributed by atoms with van der Waals surface area (Å²) in [6, 6.07) is 0.900. The van der Waals surface area contributed by atoms with Crippen molar-refractivity contribution in [3.05, 3.63) is 42.1 Å². The molecule has 1 amide bonds. The molecule has 37 heavy (non-hydrogen) atoms. The fourth-order valence-electron chi connectivity index (χ4n) is 4.90. The van der Waals surface area contributed by atoms with Gasteiger partial charge in [0.2, 0.25) is 0 Å². The van der Waals surface area contributed by atoms with Gasteiger partial charge in [-0.15, -0.1) is 0 Å². The van der Waals surface area contributed by atoms with E-state index in [0.717, 1.165) is 41.9 Å². The molecule has 0 bridgehead atoms. The number of aromatic nitrogens is 4. The number of hydrogen-bond acceptors (Lipinski definition) is 6. The minimum absolute atomic E-state index is 0.0626. The van der Waals surface area contributed by atoms with E-state index in [1.54, 1.807) is 9.47 Å². The zero-order valence-corrected chi connectivity index (χ0v) is 21.6. The molecule has 4 heterocycles. The molecule has 3 aromatic heterocycles. The summed E-state index contributed by atoms with van der Waals surface area (Å²) in [7, 11) is 0. The highest BCUT2D eigenvalue weighted by Crippen LogP contribution is 2.46. The van der Waals surface area contributed by atoms with Gasteiger partial charge in [-0.2, -0.15) is 13.2 Å². The van der Waals surface area contributed by atoms with Crippen LogP contribution in [-0.2, 0) is 10.9 Å². The first-order valence-electron chi connectivity index (χ1n) is 12.5. The molecule has 2 atom stereocenters. The summed E-state index contributed by atoms with van der Waals surface area (Å²) in [6.07, 6.45) is 2.74. The average Bonchev–Trinajstić information content (AvgIpc) is 3.58. The fraction of sp³-hybridized carbons (Fsp3) is 0.538. The van der Waals surface area contributed by atoms with Gasteiger partial charge in [-0.3, -0.25) is 9.55 Å². The van der Waals surface area contributed by atoms with Gasteiger partial charge < -0.3 is 14.5 Å². The number of nitrogens with zero attached hydrogens (tertiary/aromatic N) is 6. The number of carbonyl (C=O) groups is 1. The highest BCUT2D eigenvalue weighted by atomic mass is 19.4. The van der Waals surface area contributed by atoms with Crippen molar-refractivity contribution in [3.8, 4) is 5.69 Å². The summed E-state index contributed by atoms with van der Waals surface area (Å²) in [5.41, 5.74) is 0.471. The maximum atomic E-state index is 13.4. The zero-order chi connectivity index (χ0) is 26.7. The average molecular weight is 517 g/mol. The van der Waals surface area contributed by atoms with Crippen molar-refractivity contribution < 1.29 is 22.7 Å². The molecule has 1 saturated carbocycles. The molecule has 0 N–H and O–H groups in total. The molecule has 0 aromatic carbocycles. The molecule has 0 unspecified atom stereocenters. The molecule has 0 radical (unpaired) electrons. The largest absolute Gasteiger partial charge is 0.444 e. The van der Waals surface area contributed by atoms with Crippen LogP contribution in [0.25, 0.3) is 16.7 Å². The summed E-state index contributed by atoms with van der Waals surface area (Å²) in [5.74, 6) is 1.04. The van der Waals surface area contributed by atoms with Crippen LogP contribution in [0.2, 0.25) is 0 Å². The highest BCUT2D eigenvalue weighted by molar-refractivity contribution is 5.93. The van der Waals surface area contributed by atoms with E-state index in [1.165, 1.54) is 12.5 Å². The van der Waals surface area contributed by atoms with Crippen LogP contribution >= 0.6 is 0 Å². The van der Waals surface area contributed by atoms with Crippen LogP contribution in [0.3, 0.4) is 0 Å². The predicted octanol–water partition coefficient (Wildman–Crippen LogP) is 5.55. The maximum Gasteiger partial charge on any atom is 0.417 e. The first-order valence-corrected chi connectivity index (χ1v) is 12.5. The Balaban J connectivity index is 1.54. The molecule has 198 valence electrons. The SMILES string of the molecule is C[C@@H]1CN(c2ncnc3c2c(C2CC2)cn3-c2cncc(C(F)(F)F)c2)[C@@H](C)CN1C(=O)OC(C)(C)C. The number of fused-ring (bicyclic) bond motifs is 1. The smallest absolute Gasteiger partial charge is 0.417 e. The molecular formula is C26H31F3N6O2. The maximum absolute atomic E-state index is 13.4. The lowest BCUT2D eigenvalue weighted by Gasteiger charge is -2.44. The number of halogens is 3. The van der Waals surface area contributed by atoms with Gasteiger partial charge in [0, 0.05) is 37.6 Å². The van der Waals surface area contributed by atoms with E-state index in [-0.39, 0.29) is 18.2 Å². The monoisotopic (exact) mass is 516 g/mol. The Labute approximate surface area is 213 Å². The van der Waals surface area contributed by atoms with Crippen LogP contribution in [0, 0.1) is 0 Å². The van der Waals surface area contributed by atoms with Crippen molar-refractivity contribution in [1.82, 2.24) is 24.4 Å². The second kappa shape index (κ2) is 8.88. The zero-order valence-electron chi connectivity index (χ0n) is 21.6. The van der Waals surface area contributed by atoms with Gasteiger partial charge in [-0.1, -0.05) is 0 Å². The van der Waals surface area contributed by atoms with Crippen LogP contribution < -0.4 is 4.90 Å². The third kappa shape index (κ3) is 4.95. The van der Waals surface area contributed by atoms with Gasteiger partial charge in [-0.05, 0) is 65.0 Å². The van der Waals surface area contributed by atoms with E-state index in [2.05, 4.69) is 19.9 Å². The number of anilines is 1. The number of hydrogen-bond donors (Lipinski definition) is 0. The Morgan fingerprint density at radius 3 is 2.43 bits per heavy atom. The molecular weight excluding hydrogens is 485 g/mol. The number of pyridine rings is 1. The molecule has 1 saturated heterocycles. The van der Waals surface area contributed by atoms with Crippen LogP contribution in [0.4, 0.5) is 23.8 Å². The standard InChI is InChI=1S/C26H31F3N6O2/c1-15-12-34(24(36)37-25(3,4)5)16(2)11-33(15)22-21-20(17-6-7-17)13-35(23(21)32-14-31-22)19-8-18(9-30-10-19)26(27,28)29/h8-10,13-17H,6-7,11-12H2,1-5H3/t15-,16+/m0/s1. The topological polar surface area (TPSA) is 76.4 Å². The van der Waals surface area contributed by atoms with Crippen molar-refractivity contribution in [2.24, 2.45) is 0 Å². The Bertz CT molecular complexity index is 1330. The number of carbonyl (C=O) groups excluding carboxylic acids is 1.